The second-order valence-electron chi connectivity index (χ2n) is 5.75. The monoisotopic (exact) mass is 489 g/mol. The average molecular weight is 491 g/mol. The summed E-state index contributed by atoms with van der Waals surface area (Å²) >= 11 is 10.4. The van der Waals surface area contributed by atoms with Crippen molar-refractivity contribution in [3.8, 4) is 0 Å². The highest BCUT2D eigenvalue weighted by atomic mass is 79.9. The van der Waals surface area contributed by atoms with Crippen molar-refractivity contribution in [1.29, 1.82) is 0 Å². The Labute approximate surface area is 184 Å². The maximum absolute atomic E-state index is 12.1. The summed E-state index contributed by atoms with van der Waals surface area (Å²) in [6, 6.07) is 18.7. The quantitative estimate of drug-likeness (QED) is 0.264. The summed E-state index contributed by atoms with van der Waals surface area (Å²) in [5.74, 6) is -0.382. The van der Waals surface area contributed by atoms with Gasteiger partial charge < -0.3 is 0 Å². The summed E-state index contributed by atoms with van der Waals surface area (Å²) in [5, 5.41) is 16.0. The fourth-order valence-electron chi connectivity index (χ4n) is 2.33. The number of hydrogen-bond acceptors (Lipinski definition) is 5. The first-order valence-electron chi connectivity index (χ1n) is 8.23. The van der Waals surface area contributed by atoms with Crippen LogP contribution in [0.1, 0.15) is 15.9 Å². The number of rotatable bonds is 6. The molecule has 0 fully saturated rings. The van der Waals surface area contributed by atoms with Crippen LogP contribution in [0.2, 0.25) is 5.02 Å². The molecule has 3 rings (SSSR count). The van der Waals surface area contributed by atoms with Crippen LogP contribution in [0.5, 0.6) is 0 Å². The Hall–Kier alpha value is -2.68. The van der Waals surface area contributed by atoms with Gasteiger partial charge in [-0.25, -0.2) is 5.43 Å². The van der Waals surface area contributed by atoms with Crippen LogP contribution in [0.15, 0.2) is 86.1 Å². The van der Waals surface area contributed by atoms with Gasteiger partial charge in [0.25, 0.3) is 11.6 Å². The maximum atomic E-state index is 12.1. The fourth-order valence-corrected chi connectivity index (χ4v) is 3.76. The van der Waals surface area contributed by atoms with E-state index in [0.717, 1.165) is 9.37 Å². The molecular formula is C20H13BrClN3O3S. The third kappa shape index (κ3) is 5.90. The zero-order valence-electron chi connectivity index (χ0n) is 14.7. The number of halogens is 2. The van der Waals surface area contributed by atoms with Gasteiger partial charge in [-0.2, -0.15) is 5.10 Å². The normalized spacial score (nSPS) is 10.8. The molecule has 0 bridgehead atoms. The minimum absolute atomic E-state index is 0.0489. The number of nitro groups is 1. The number of nitrogens with one attached hydrogen (secondary N) is 1. The zero-order chi connectivity index (χ0) is 20.8. The first-order chi connectivity index (χ1) is 13.9. The molecule has 0 saturated carbocycles. The first-order valence-corrected chi connectivity index (χ1v) is 10.2. The van der Waals surface area contributed by atoms with Gasteiger partial charge in [0, 0.05) is 31.6 Å². The molecule has 0 unspecified atom stereocenters. The van der Waals surface area contributed by atoms with Crippen LogP contribution in [-0.2, 0) is 0 Å². The van der Waals surface area contributed by atoms with E-state index in [1.807, 2.05) is 6.07 Å². The molecule has 1 N–H and O–H groups in total. The molecule has 0 heterocycles. The number of nitrogens with zero attached hydrogens (tertiary/aromatic N) is 2. The number of hydrogen-bond donors (Lipinski definition) is 1. The molecule has 0 aliphatic rings. The van der Waals surface area contributed by atoms with Crippen LogP contribution >= 0.6 is 39.3 Å². The molecule has 3 aromatic rings. The van der Waals surface area contributed by atoms with Crippen molar-refractivity contribution in [3.05, 3.63) is 97.5 Å². The molecule has 6 nitrogen and oxygen atoms in total. The molecule has 29 heavy (non-hydrogen) atoms. The number of carbonyl (C=O) groups is 1. The van der Waals surface area contributed by atoms with Gasteiger partial charge in [-0.05, 0) is 48.5 Å². The average Bonchev–Trinajstić information content (AvgIpc) is 2.70. The lowest BCUT2D eigenvalue weighted by molar-refractivity contribution is -0.387. The van der Waals surface area contributed by atoms with E-state index >= 15 is 0 Å². The summed E-state index contributed by atoms with van der Waals surface area (Å²) < 4.78 is 0.776. The highest BCUT2D eigenvalue weighted by molar-refractivity contribution is 9.10. The molecule has 0 aromatic heterocycles. The van der Waals surface area contributed by atoms with Gasteiger partial charge in [-0.1, -0.05) is 51.4 Å². The van der Waals surface area contributed by atoms with E-state index in [1.165, 1.54) is 24.0 Å². The zero-order valence-corrected chi connectivity index (χ0v) is 17.9. The number of carbonyl (C=O) groups excluding carboxylic acids is 1. The summed E-state index contributed by atoms with van der Waals surface area (Å²) in [7, 11) is 0. The largest absolute Gasteiger partial charge is 0.283 e. The van der Waals surface area contributed by atoms with E-state index in [9.17, 15) is 14.9 Å². The smallest absolute Gasteiger partial charge is 0.267 e. The van der Waals surface area contributed by atoms with E-state index < -0.39 is 4.92 Å². The first kappa shape index (κ1) is 21.0. The van der Waals surface area contributed by atoms with Crippen LogP contribution in [0, 0.1) is 10.1 Å². The minimum Gasteiger partial charge on any atom is -0.267 e. The van der Waals surface area contributed by atoms with E-state index in [4.69, 9.17) is 11.6 Å². The Morgan fingerprint density at radius 2 is 1.90 bits per heavy atom. The Kier molecular flexibility index (Phi) is 7.03. The molecule has 0 spiro atoms. The van der Waals surface area contributed by atoms with Crippen molar-refractivity contribution in [2.75, 3.05) is 0 Å². The van der Waals surface area contributed by atoms with Crippen LogP contribution in [0.3, 0.4) is 0 Å². The van der Waals surface area contributed by atoms with Crippen molar-refractivity contribution < 1.29 is 9.72 Å². The predicted octanol–water partition coefficient (Wildman–Crippen LogP) is 5.93. The minimum atomic E-state index is -0.449. The molecular weight excluding hydrogens is 478 g/mol. The van der Waals surface area contributed by atoms with Gasteiger partial charge in [-0.3, -0.25) is 14.9 Å². The van der Waals surface area contributed by atoms with Crippen LogP contribution in [0.25, 0.3) is 0 Å². The third-order valence-corrected chi connectivity index (χ3v) is 5.51. The van der Waals surface area contributed by atoms with Crippen molar-refractivity contribution in [3.63, 3.8) is 0 Å². The van der Waals surface area contributed by atoms with Gasteiger partial charge >= 0.3 is 0 Å². The SMILES string of the molecule is O=C(N/N=C/c1ccc(Sc2ccc(Cl)cc2)c([N+](=O)[O-])c1)c1cccc(Br)c1. The van der Waals surface area contributed by atoms with E-state index in [-0.39, 0.29) is 11.6 Å². The molecule has 146 valence electrons. The Balaban J connectivity index is 1.74. The lowest BCUT2D eigenvalue weighted by Gasteiger charge is -2.04. The molecule has 0 aliphatic heterocycles. The van der Waals surface area contributed by atoms with Gasteiger partial charge in [0.15, 0.2) is 0 Å². The fraction of sp³-hybridized carbons (Fsp3) is 0. The molecule has 0 radical (unpaired) electrons. The van der Waals surface area contributed by atoms with Gasteiger partial charge in [-0.15, -0.1) is 0 Å². The standard InChI is InChI=1S/C20H13BrClN3O3S/c21-15-3-1-2-14(11-15)20(26)24-23-12-13-4-9-19(18(10-13)25(27)28)29-17-7-5-16(22)6-8-17/h1-12H,(H,24,26)/b23-12+. The van der Waals surface area contributed by atoms with E-state index in [2.05, 4.69) is 26.5 Å². The van der Waals surface area contributed by atoms with Crippen LogP contribution < -0.4 is 5.43 Å². The molecule has 0 aliphatic carbocycles. The van der Waals surface area contributed by atoms with Gasteiger partial charge in [0.2, 0.25) is 0 Å². The number of amides is 1. The molecule has 0 saturated heterocycles. The third-order valence-electron chi connectivity index (χ3n) is 3.69. The number of nitro benzene ring substituents is 1. The highest BCUT2D eigenvalue weighted by Gasteiger charge is 2.15. The van der Waals surface area contributed by atoms with Crippen molar-refractivity contribution in [2.24, 2.45) is 5.10 Å². The molecule has 1 amide bonds. The predicted molar refractivity (Wildman–Crippen MR) is 118 cm³/mol. The lowest BCUT2D eigenvalue weighted by atomic mass is 10.2. The van der Waals surface area contributed by atoms with Crippen molar-refractivity contribution in [2.45, 2.75) is 9.79 Å². The second-order valence-corrected chi connectivity index (χ2v) is 8.22. The molecule has 0 atom stereocenters. The van der Waals surface area contributed by atoms with Gasteiger partial charge in [0.05, 0.1) is 16.0 Å². The Bertz CT molecular complexity index is 1090. The van der Waals surface area contributed by atoms with Crippen molar-refractivity contribution in [1.82, 2.24) is 5.43 Å². The Morgan fingerprint density at radius 1 is 1.14 bits per heavy atom. The summed E-state index contributed by atoms with van der Waals surface area (Å²) in [6.07, 6.45) is 1.36. The van der Waals surface area contributed by atoms with E-state index in [1.54, 1.807) is 54.6 Å². The van der Waals surface area contributed by atoms with Crippen LogP contribution in [0.4, 0.5) is 5.69 Å². The number of hydrazone groups is 1. The van der Waals surface area contributed by atoms with Crippen molar-refractivity contribution >= 4 is 57.1 Å². The maximum Gasteiger partial charge on any atom is 0.283 e. The van der Waals surface area contributed by atoms with Crippen LogP contribution in [-0.4, -0.2) is 17.0 Å². The van der Waals surface area contributed by atoms with Gasteiger partial charge in [0.1, 0.15) is 0 Å². The highest BCUT2D eigenvalue weighted by Crippen LogP contribution is 2.35. The molecule has 9 heteroatoms. The topological polar surface area (TPSA) is 84.6 Å². The summed E-state index contributed by atoms with van der Waals surface area (Å²) in [4.78, 5) is 24.4. The molecule has 3 aromatic carbocycles. The lowest BCUT2D eigenvalue weighted by Crippen LogP contribution is -2.17. The second kappa shape index (κ2) is 9.69. The Morgan fingerprint density at radius 3 is 2.59 bits per heavy atom. The number of benzene rings is 3. The van der Waals surface area contributed by atoms with E-state index in [0.29, 0.717) is 21.0 Å². The summed E-state index contributed by atoms with van der Waals surface area (Å²) in [5.41, 5.74) is 3.29. The summed E-state index contributed by atoms with van der Waals surface area (Å²) in [6.45, 7) is 0.